The van der Waals surface area contributed by atoms with Crippen LogP contribution in [0.25, 0.3) is 0 Å². The summed E-state index contributed by atoms with van der Waals surface area (Å²) in [6.45, 7) is 8.52. The van der Waals surface area contributed by atoms with Crippen molar-refractivity contribution < 1.29 is 4.74 Å². The lowest BCUT2D eigenvalue weighted by molar-refractivity contribution is 0.211. The molecule has 0 spiro atoms. The van der Waals surface area contributed by atoms with Gasteiger partial charge in [-0.2, -0.15) is 0 Å². The third-order valence-electron chi connectivity index (χ3n) is 0.740. The molecule has 9 heavy (non-hydrogen) atoms. The van der Waals surface area contributed by atoms with E-state index in [1.807, 2.05) is 0 Å². The van der Waals surface area contributed by atoms with Crippen molar-refractivity contribution >= 4 is 0 Å². The molecule has 0 amide bonds. The Bertz CT molecular complexity index is 92.7. The molecule has 0 saturated carbocycles. The van der Waals surface area contributed by atoms with Crippen molar-refractivity contribution in [1.29, 1.82) is 0 Å². The fourth-order valence-corrected chi connectivity index (χ4v) is 0.359. The maximum absolute atomic E-state index is 5.08. The summed E-state index contributed by atoms with van der Waals surface area (Å²) in [5.41, 5.74) is 0. The van der Waals surface area contributed by atoms with Crippen LogP contribution in [0.3, 0.4) is 0 Å². The van der Waals surface area contributed by atoms with E-state index in [1.54, 1.807) is 18.4 Å². The molecule has 0 aromatic rings. The van der Waals surface area contributed by atoms with Gasteiger partial charge in [0, 0.05) is 0 Å². The Hall–Kier alpha value is -0.720. The van der Waals surface area contributed by atoms with Gasteiger partial charge in [0.05, 0.1) is 12.9 Å². The van der Waals surface area contributed by atoms with Gasteiger partial charge in [-0.15, -0.1) is 0 Å². The Balaban J connectivity index is 3.08. The molecule has 0 aliphatic rings. The van der Waals surface area contributed by atoms with Crippen LogP contribution in [0.1, 0.15) is 13.8 Å². The molecule has 0 rings (SSSR count). The molecular formula is C8H14O. The third-order valence-corrected chi connectivity index (χ3v) is 0.740. The van der Waals surface area contributed by atoms with Gasteiger partial charge in [0.15, 0.2) is 0 Å². The standard InChI is InChI=1S/C8H14O/c1-4-5-6-9-7-8(2)3/h4-6,8H,1,7H2,2-3H3. The van der Waals surface area contributed by atoms with Crippen LogP contribution < -0.4 is 0 Å². The second-order valence-corrected chi connectivity index (χ2v) is 2.29. The van der Waals surface area contributed by atoms with Crippen LogP contribution in [-0.4, -0.2) is 6.61 Å². The predicted molar refractivity (Wildman–Crippen MR) is 40.1 cm³/mol. The second-order valence-electron chi connectivity index (χ2n) is 2.29. The van der Waals surface area contributed by atoms with E-state index in [2.05, 4.69) is 20.4 Å². The van der Waals surface area contributed by atoms with Gasteiger partial charge in [-0.3, -0.25) is 0 Å². The van der Waals surface area contributed by atoms with Crippen molar-refractivity contribution in [3.05, 3.63) is 25.0 Å². The summed E-state index contributed by atoms with van der Waals surface area (Å²) >= 11 is 0. The minimum absolute atomic E-state index is 0.597. The van der Waals surface area contributed by atoms with Crippen molar-refractivity contribution in [2.24, 2.45) is 5.92 Å². The monoisotopic (exact) mass is 126 g/mol. The molecule has 0 bridgehead atoms. The molecule has 0 aliphatic carbocycles. The fourth-order valence-electron chi connectivity index (χ4n) is 0.359. The van der Waals surface area contributed by atoms with Gasteiger partial charge in [0.2, 0.25) is 0 Å². The van der Waals surface area contributed by atoms with Crippen molar-refractivity contribution in [2.75, 3.05) is 6.61 Å². The minimum atomic E-state index is 0.597. The number of allylic oxidation sites excluding steroid dienone is 2. The summed E-state index contributed by atoms with van der Waals surface area (Å²) in [4.78, 5) is 0. The first-order valence-corrected chi connectivity index (χ1v) is 3.16. The van der Waals surface area contributed by atoms with Crippen molar-refractivity contribution in [1.82, 2.24) is 0 Å². The number of rotatable bonds is 4. The maximum Gasteiger partial charge on any atom is 0.0896 e. The van der Waals surface area contributed by atoms with E-state index >= 15 is 0 Å². The fraction of sp³-hybridized carbons (Fsp3) is 0.500. The van der Waals surface area contributed by atoms with E-state index in [-0.39, 0.29) is 0 Å². The minimum Gasteiger partial charge on any atom is -0.501 e. The van der Waals surface area contributed by atoms with Crippen LogP contribution in [0.15, 0.2) is 25.0 Å². The van der Waals surface area contributed by atoms with E-state index in [0.29, 0.717) is 5.92 Å². The van der Waals surface area contributed by atoms with Crippen LogP contribution in [0.5, 0.6) is 0 Å². The highest BCUT2D eigenvalue weighted by Crippen LogP contribution is 1.92. The average molecular weight is 126 g/mol. The van der Waals surface area contributed by atoms with E-state index in [0.717, 1.165) is 6.61 Å². The number of ether oxygens (including phenoxy) is 1. The SMILES string of the molecule is C=CC=COCC(C)C. The smallest absolute Gasteiger partial charge is 0.0896 e. The second kappa shape index (κ2) is 5.42. The van der Waals surface area contributed by atoms with Gasteiger partial charge in [-0.1, -0.05) is 26.5 Å². The molecule has 0 unspecified atom stereocenters. The molecule has 0 atom stereocenters. The molecule has 0 aromatic carbocycles. The predicted octanol–water partition coefficient (Wildman–Crippen LogP) is 2.36. The average Bonchev–Trinajstić information content (AvgIpc) is 1.80. The van der Waals surface area contributed by atoms with Crippen LogP contribution in [0.2, 0.25) is 0 Å². The lowest BCUT2D eigenvalue weighted by atomic mass is 10.2. The third kappa shape index (κ3) is 7.28. The molecular weight excluding hydrogens is 112 g/mol. The van der Waals surface area contributed by atoms with Gasteiger partial charge in [-0.05, 0) is 12.0 Å². The van der Waals surface area contributed by atoms with Crippen LogP contribution in [0, 0.1) is 5.92 Å². The van der Waals surface area contributed by atoms with Crippen molar-refractivity contribution in [2.45, 2.75) is 13.8 Å². The largest absolute Gasteiger partial charge is 0.501 e. The first-order valence-electron chi connectivity index (χ1n) is 3.16. The summed E-state index contributed by atoms with van der Waals surface area (Å²) in [6.07, 6.45) is 5.13. The summed E-state index contributed by atoms with van der Waals surface area (Å²) in [7, 11) is 0. The first-order chi connectivity index (χ1) is 4.27. The van der Waals surface area contributed by atoms with E-state index < -0.39 is 0 Å². The number of hydrogen-bond donors (Lipinski definition) is 0. The molecule has 0 radical (unpaired) electrons. The first kappa shape index (κ1) is 8.28. The molecule has 0 aliphatic heterocycles. The van der Waals surface area contributed by atoms with Gasteiger partial charge in [0.25, 0.3) is 0 Å². The van der Waals surface area contributed by atoms with Crippen molar-refractivity contribution in [3.8, 4) is 0 Å². The summed E-state index contributed by atoms with van der Waals surface area (Å²) in [5, 5.41) is 0. The highest BCUT2D eigenvalue weighted by molar-refractivity contribution is 4.92. The van der Waals surface area contributed by atoms with Crippen molar-refractivity contribution in [3.63, 3.8) is 0 Å². The molecule has 0 aromatic heterocycles. The quantitative estimate of drug-likeness (QED) is 0.415. The zero-order valence-electron chi connectivity index (χ0n) is 6.13. The topological polar surface area (TPSA) is 9.23 Å². The zero-order chi connectivity index (χ0) is 7.11. The lowest BCUT2D eigenvalue weighted by Crippen LogP contribution is -1.95. The van der Waals surface area contributed by atoms with Crippen LogP contribution >= 0.6 is 0 Å². The van der Waals surface area contributed by atoms with Gasteiger partial charge in [0.1, 0.15) is 0 Å². The van der Waals surface area contributed by atoms with Gasteiger partial charge < -0.3 is 4.74 Å². The van der Waals surface area contributed by atoms with E-state index in [4.69, 9.17) is 4.74 Å². The van der Waals surface area contributed by atoms with E-state index in [1.165, 1.54) is 0 Å². The number of hydrogen-bond acceptors (Lipinski definition) is 1. The highest BCUT2D eigenvalue weighted by Gasteiger charge is 1.87. The normalized spacial score (nSPS) is 10.6. The Morgan fingerprint density at radius 1 is 1.56 bits per heavy atom. The molecule has 0 fully saturated rings. The van der Waals surface area contributed by atoms with Gasteiger partial charge in [-0.25, -0.2) is 0 Å². The molecule has 1 heteroatoms. The molecule has 0 N–H and O–H groups in total. The Morgan fingerprint density at radius 2 is 2.22 bits per heavy atom. The van der Waals surface area contributed by atoms with Gasteiger partial charge >= 0.3 is 0 Å². The van der Waals surface area contributed by atoms with E-state index in [9.17, 15) is 0 Å². The maximum atomic E-state index is 5.08. The molecule has 0 heterocycles. The highest BCUT2D eigenvalue weighted by atomic mass is 16.5. The lowest BCUT2D eigenvalue weighted by Gasteiger charge is -2.01. The van der Waals surface area contributed by atoms with Crippen LogP contribution in [-0.2, 0) is 4.74 Å². The molecule has 0 saturated heterocycles. The Morgan fingerprint density at radius 3 is 2.67 bits per heavy atom. The Kier molecular flexibility index (Phi) is 4.98. The van der Waals surface area contributed by atoms with Crippen LogP contribution in [0.4, 0.5) is 0 Å². The summed E-state index contributed by atoms with van der Waals surface area (Å²) < 4.78 is 5.08. The Labute approximate surface area is 57.0 Å². The molecule has 1 nitrogen and oxygen atoms in total. The summed E-state index contributed by atoms with van der Waals surface area (Å²) in [6, 6.07) is 0. The molecule has 52 valence electrons. The zero-order valence-corrected chi connectivity index (χ0v) is 6.13. The summed E-state index contributed by atoms with van der Waals surface area (Å²) in [5.74, 6) is 0.597.